The first-order valence-electron chi connectivity index (χ1n) is 8.02. The van der Waals surface area contributed by atoms with E-state index in [1.807, 2.05) is 13.0 Å². The van der Waals surface area contributed by atoms with Gasteiger partial charge in [-0.3, -0.25) is 0 Å². The van der Waals surface area contributed by atoms with E-state index < -0.39 is 0 Å². The first-order chi connectivity index (χ1) is 9.52. The Balaban J connectivity index is 2.22. The number of benzene rings is 1. The lowest BCUT2D eigenvalue weighted by Crippen LogP contribution is -2.33. The molecule has 1 fully saturated rings. The monoisotopic (exact) mass is 277 g/mol. The summed E-state index contributed by atoms with van der Waals surface area (Å²) in [6.07, 6.45) is 3.86. The minimum absolute atomic E-state index is 0.132. The van der Waals surface area contributed by atoms with Gasteiger partial charge in [-0.2, -0.15) is 0 Å². The second-order valence-electron chi connectivity index (χ2n) is 6.56. The molecular weight excluding hydrogens is 249 g/mol. The van der Waals surface area contributed by atoms with E-state index in [0.717, 1.165) is 23.9 Å². The van der Waals surface area contributed by atoms with Gasteiger partial charge in [0.2, 0.25) is 0 Å². The lowest BCUT2D eigenvalue weighted by Gasteiger charge is -2.37. The van der Waals surface area contributed by atoms with Crippen molar-refractivity contribution in [3.63, 3.8) is 0 Å². The van der Waals surface area contributed by atoms with E-state index >= 15 is 0 Å². The molecule has 0 saturated heterocycles. The van der Waals surface area contributed by atoms with Crippen LogP contribution in [0.3, 0.4) is 0 Å². The van der Waals surface area contributed by atoms with E-state index in [2.05, 4.69) is 26.1 Å². The summed E-state index contributed by atoms with van der Waals surface area (Å²) in [5, 5.41) is 3.64. The highest BCUT2D eigenvalue weighted by Crippen LogP contribution is 2.40. The molecule has 2 rings (SSSR count). The molecule has 4 atom stereocenters. The van der Waals surface area contributed by atoms with Crippen molar-refractivity contribution in [3.8, 4) is 0 Å². The molecule has 0 heterocycles. The van der Waals surface area contributed by atoms with E-state index in [1.54, 1.807) is 12.1 Å². The third kappa shape index (κ3) is 3.41. The summed E-state index contributed by atoms with van der Waals surface area (Å²) in [5.41, 5.74) is 2.35. The fourth-order valence-corrected chi connectivity index (χ4v) is 3.63. The van der Waals surface area contributed by atoms with Gasteiger partial charge < -0.3 is 5.32 Å². The van der Waals surface area contributed by atoms with Crippen LogP contribution in [-0.4, -0.2) is 6.54 Å². The molecule has 0 spiro atoms. The maximum absolute atomic E-state index is 13.3. The van der Waals surface area contributed by atoms with Gasteiger partial charge in [0.05, 0.1) is 0 Å². The van der Waals surface area contributed by atoms with Crippen LogP contribution in [0.4, 0.5) is 4.39 Å². The van der Waals surface area contributed by atoms with Gasteiger partial charge in [-0.15, -0.1) is 0 Å². The number of halogens is 1. The van der Waals surface area contributed by atoms with Crippen LogP contribution in [0.2, 0.25) is 0 Å². The summed E-state index contributed by atoms with van der Waals surface area (Å²) in [5.74, 6) is 2.16. The molecule has 1 aromatic carbocycles. The number of hydrogen-bond acceptors (Lipinski definition) is 1. The molecule has 2 heteroatoms. The molecule has 0 amide bonds. The van der Waals surface area contributed by atoms with Crippen LogP contribution in [0.1, 0.15) is 57.2 Å². The van der Waals surface area contributed by atoms with Crippen molar-refractivity contribution in [2.75, 3.05) is 6.54 Å². The van der Waals surface area contributed by atoms with Crippen molar-refractivity contribution in [1.82, 2.24) is 5.32 Å². The van der Waals surface area contributed by atoms with Crippen molar-refractivity contribution in [3.05, 3.63) is 35.1 Å². The number of aryl methyl sites for hydroxylation is 1. The Morgan fingerprint density at radius 3 is 2.60 bits per heavy atom. The summed E-state index contributed by atoms with van der Waals surface area (Å²) < 4.78 is 13.3. The second kappa shape index (κ2) is 6.71. The SMILES string of the molecule is CCNC(c1ccc(F)cc1C)C1CCC(C)C(C)C1. The Bertz CT molecular complexity index is 443. The Labute approximate surface area is 123 Å². The minimum Gasteiger partial charge on any atom is -0.310 e. The molecule has 1 N–H and O–H groups in total. The third-order valence-corrected chi connectivity index (χ3v) is 5.10. The quantitative estimate of drug-likeness (QED) is 0.829. The zero-order chi connectivity index (χ0) is 14.7. The average Bonchev–Trinajstić information content (AvgIpc) is 2.40. The Kier molecular flexibility index (Phi) is 5.20. The summed E-state index contributed by atoms with van der Waals surface area (Å²) in [6, 6.07) is 5.60. The van der Waals surface area contributed by atoms with Crippen LogP contribution in [0.15, 0.2) is 18.2 Å². The molecule has 1 aliphatic rings. The van der Waals surface area contributed by atoms with Crippen molar-refractivity contribution in [2.24, 2.45) is 17.8 Å². The molecule has 112 valence electrons. The zero-order valence-electron chi connectivity index (χ0n) is 13.2. The molecule has 1 nitrogen and oxygen atoms in total. The molecular formula is C18H28FN. The Morgan fingerprint density at radius 2 is 2.00 bits per heavy atom. The predicted octanol–water partition coefficient (Wildman–Crippen LogP) is 4.86. The number of hydrogen-bond donors (Lipinski definition) is 1. The van der Waals surface area contributed by atoms with E-state index in [0.29, 0.717) is 12.0 Å². The van der Waals surface area contributed by atoms with Gasteiger partial charge in [0.1, 0.15) is 5.82 Å². The van der Waals surface area contributed by atoms with Gasteiger partial charge >= 0.3 is 0 Å². The standard InChI is InChI=1S/C18H28FN/c1-5-20-18(15-7-6-12(2)13(3)10-15)17-9-8-16(19)11-14(17)4/h8-9,11-13,15,18,20H,5-7,10H2,1-4H3. The fourth-order valence-electron chi connectivity index (χ4n) is 3.63. The topological polar surface area (TPSA) is 12.0 Å². The average molecular weight is 277 g/mol. The molecule has 0 aromatic heterocycles. The van der Waals surface area contributed by atoms with Crippen LogP contribution in [0, 0.1) is 30.5 Å². The lowest BCUT2D eigenvalue weighted by atomic mass is 9.71. The van der Waals surface area contributed by atoms with Crippen molar-refractivity contribution >= 4 is 0 Å². The highest BCUT2D eigenvalue weighted by Gasteiger charge is 2.31. The summed E-state index contributed by atoms with van der Waals surface area (Å²) in [7, 11) is 0. The molecule has 0 bridgehead atoms. The van der Waals surface area contributed by atoms with E-state index in [1.165, 1.54) is 24.8 Å². The number of nitrogens with one attached hydrogen (secondary N) is 1. The van der Waals surface area contributed by atoms with Crippen LogP contribution in [-0.2, 0) is 0 Å². The largest absolute Gasteiger partial charge is 0.310 e. The van der Waals surface area contributed by atoms with Crippen molar-refractivity contribution < 1.29 is 4.39 Å². The molecule has 1 aliphatic carbocycles. The van der Waals surface area contributed by atoms with E-state index in [4.69, 9.17) is 0 Å². The highest BCUT2D eigenvalue weighted by molar-refractivity contribution is 5.30. The van der Waals surface area contributed by atoms with Crippen LogP contribution < -0.4 is 5.32 Å². The molecule has 1 aromatic rings. The minimum atomic E-state index is -0.132. The molecule has 1 saturated carbocycles. The maximum atomic E-state index is 13.3. The van der Waals surface area contributed by atoms with Crippen LogP contribution >= 0.6 is 0 Å². The normalized spacial score (nSPS) is 28.4. The van der Waals surface area contributed by atoms with Crippen molar-refractivity contribution in [2.45, 2.75) is 53.0 Å². The van der Waals surface area contributed by atoms with E-state index in [9.17, 15) is 4.39 Å². The van der Waals surface area contributed by atoms with Crippen molar-refractivity contribution in [1.29, 1.82) is 0 Å². The summed E-state index contributed by atoms with van der Waals surface area (Å²) >= 11 is 0. The molecule has 20 heavy (non-hydrogen) atoms. The molecule has 0 aliphatic heterocycles. The summed E-state index contributed by atoms with van der Waals surface area (Å²) in [4.78, 5) is 0. The molecule has 0 radical (unpaired) electrons. The van der Waals surface area contributed by atoms with Gasteiger partial charge in [0, 0.05) is 6.04 Å². The van der Waals surface area contributed by atoms with Gasteiger partial charge in [-0.25, -0.2) is 4.39 Å². The van der Waals surface area contributed by atoms with Gasteiger partial charge in [-0.1, -0.05) is 33.3 Å². The van der Waals surface area contributed by atoms with Gasteiger partial charge in [0.25, 0.3) is 0 Å². The second-order valence-corrected chi connectivity index (χ2v) is 6.56. The highest BCUT2D eigenvalue weighted by atomic mass is 19.1. The van der Waals surface area contributed by atoms with Gasteiger partial charge in [0.15, 0.2) is 0 Å². The Morgan fingerprint density at radius 1 is 1.25 bits per heavy atom. The fraction of sp³-hybridized carbons (Fsp3) is 0.667. The smallest absolute Gasteiger partial charge is 0.123 e. The lowest BCUT2D eigenvalue weighted by molar-refractivity contribution is 0.171. The van der Waals surface area contributed by atoms with Crippen LogP contribution in [0.5, 0.6) is 0 Å². The number of rotatable bonds is 4. The maximum Gasteiger partial charge on any atom is 0.123 e. The third-order valence-electron chi connectivity index (χ3n) is 5.10. The van der Waals surface area contributed by atoms with Gasteiger partial charge in [-0.05, 0) is 67.3 Å². The van der Waals surface area contributed by atoms with E-state index in [-0.39, 0.29) is 5.82 Å². The molecule has 4 unspecified atom stereocenters. The predicted molar refractivity (Wildman–Crippen MR) is 83.2 cm³/mol. The van der Waals surface area contributed by atoms with Crippen LogP contribution in [0.25, 0.3) is 0 Å². The Hall–Kier alpha value is -0.890. The first-order valence-corrected chi connectivity index (χ1v) is 8.02. The zero-order valence-corrected chi connectivity index (χ0v) is 13.2. The first kappa shape index (κ1) is 15.5. The summed E-state index contributed by atoms with van der Waals surface area (Å²) in [6.45, 7) is 9.88.